The van der Waals surface area contributed by atoms with Gasteiger partial charge in [-0.2, -0.15) is 0 Å². The molecule has 0 saturated carbocycles. The Labute approximate surface area is 281 Å². The van der Waals surface area contributed by atoms with Crippen molar-refractivity contribution in [1.82, 2.24) is 29.7 Å². The third-order valence-corrected chi connectivity index (χ3v) is 9.60. The molecule has 0 aromatic carbocycles. The third-order valence-electron chi connectivity index (χ3n) is 9.60. The highest BCUT2D eigenvalue weighted by Crippen LogP contribution is 2.33. The van der Waals surface area contributed by atoms with Crippen molar-refractivity contribution in [3.05, 3.63) is 94.5 Å². The molecule has 12 heteroatoms. The molecule has 252 valence electrons. The number of hydrogen-bond donors (Lipinski definition) is 1. The Bertz CT molecular complexity index is 2130. The average Bonchev–Trinajstić information content (AvgIpc) is 3.85. The van der Waals surface area contributed by atoms with Crippen molar-refractivity contribution < 1.29 is 17.9 Å². The lowest BCUT2D eigenvalue weighted by Crippen LogP contribution is -2.24. The summed E-state index contributed by atoms with van der Waals surface area (Å²) in [5, 5.41) is 2.48. The molecule has 8 rings (SSSR count). The van der Waals surface area contributed by atoms with Gasteiger partial charge in [0.15, 0.2) is 0 Å². The first-order chi connectivity index (χ1) is 23.8. The second-order valence-electron chi connectivity index (χ2n) is 13.2. The van der Waals surface area contributed by atoms with E-state index < -0.39 is 5.92 Å². The molecule has 9 nitrogen and oxygen atoms in total. The zero-order valence-electron chi connectivity index (χ0n) is 27.3. The number of pyridine rings is 3. The molecule has 3 aliphatic heterocycles. The average molecular weight is 667 g/mol. The topological polar surface area (TPSA) is 85.8 Å². The van der Waals surface area contributed by atoms with Crippen LogP contribution in [0.2, 0.25) is 0 Å². The van der Waals surface area contributed by atoms with E-state index in [1.807, 2.05) is 36.2 Å². The van der Waals surface area contributed by atoms with Gasteiger partial charge in [0.1, 0.15) is 29.7 Å². The Morgan fingerprint density at radius 1 is 0.980 bits per heavy atom. The maximum atomic E-state index is 14.9. The summed E-state index contributed by atoms with van der Waals surface area (Å²) in [6.45, 7) is 4.08. The van der Waals surface area contributed by atoms with Crippen LogP contribution in [0.15, 0.2) is 77.8 Å². The standard InChI is InChI=1S/C37H37F3N8O/c1-46-23-44-34(32-15-27(20-43-36(32)46)26-12-24(18-41-19-26)21-48-9-5-37(39,40)22-48)33-17-31-30(4-6-42-35(31)45-33)25-13-28(38)16-29(14-25)49-11-10-47-7-2-3-8-47/h4,6,12-13,15-20,23H,2-3,5,7-11,14,21-22H2,1H3,(H,42,45). The molecule has 1 N–H and O–H groups in total. The number of likely N-dealkylation sites (tertiary alicyclic amines) is 2. The second kappa shape index (κ2) is 12.9. The van der Waals surface area contributed by atoms with Gasteiger partial charge in [-0.3, -0.25) is 14.8 Å². The third kappa shape index (κ3) is 6.62. The minimum atomic E-state index is -2.64. The Balaban J connectivity index is 1.13. The summed E-state index contributed by atoms with van der Waals surface area (Å²) in [7, 11) is 1.89. The molecule has 4 aliphatic rings. The van der Waals surface area contributed by atoms with Gasteiger partial charge >= 0.3 is 0 Å². The summed E-state index contributed by atoms with van der Waals surface area (Å²) in [5.41, 5.74) is 5.52. The van der Waals surface area contributed by atoms with Gasteiger partial charge in [-0.15, -0.1) is 0 Å². The van der Waals surface area contributed by atoms with Gasteiger partial charge in [-0.05, 0) is 72.6 Å². The molecule has 0 unspecified atom stereocenters. The lowest BCUT2D eigenvalue weighted by Gasteiger charge is -2.22. The predicted molar refractivity (Wildman–Crippen MR) is 184 cm³/mol. The first kappa shape index (κ1) is 31.5. The molecular formula is C37H37F3N8O. The quantitative estimate of drug-likeness (QED) is 0.301. The minimum Gasteiger partial charge on any atom is -0.496 e. The van der Waals surface area contributed by atoms with Gasteiger partial charge in [-0.1, -0.05) is 0 Å². The summed E-state index contributed by atoms with van der Waals surface area (Å²) in [4.78, 5) is 28.0. The van der Waals surface area contributed by atoms with E-state index in [0.717, 1.165) is 69.2 Å². The summed E-state index contributed by atoms with van der Waals surface area (Å²) < 4.78 is 48.5. The molecule has 0 spiro atoms. The fourth-order valence-corrected chi connectivity index (χ4v) is 7.15. The zero-order chi connectivity index (χ0) is 33.5. The van der Waals surface area contributed by atoms with Crippen LogP contribution >= 0.6 is 0 Å². The molecule has 0 atom stereocenters. The number of anilines is 1. The number of nitrogens with one attached hydrogen (secondary N) is 1. The minimum absolute atomic E-state index is 0.120. The lowest BCUT2D eigenvalue weighted by molar-refractivity contribution is 0.0115. The van der Waals surface area contributed by atoms with Crippen LogP contribution in [0.25, 0.3) is 33.4 Å². The molecule has 1 aliphatic carbocycles. The highest BCUT2D eigenvalue weighted by atomic mass is 19.3. The molecule has 2 fully saturated rings. The van der Waals surface area contributed by atoms with Gasteiger partial charge in [0.05, 0.1) is 23.9 Å². The second-order valence-corrected chi connectivity index (χ2v) is 13.2. The Hall–Kier alpha value is -4.81. The highest BCUT2D eigenvalue weighted by Gasteiger charge is 2.38. The van der Waals surface area contributed by atoms with Crippen LogP contribution in [0.1, 0.15) is 36.8 Å². The molecule has 49 heavy (non-hydrogen) atoms. The molecule has 0 radical (unpaired) electrons. The maximum Gasteiger partial charge on any atom is 0.261 e. The number of nitrogens with zero attached hydrogens (tertiary/aromatic N) is 7. The van der Waals surface area contributed by atoms with E-state index in [0.29, 0.717) is 43.2 Å². The Morgan fingerprint density at radius 3 is 2.67 bits per heavy atom. The Morgan fingerprint density at radius 2 is 1.84 bits per heavy atom. The van der Waals surface area contributed by atoms with Crippen molar-refractivity contribution in [2.75, 3.05) is 51.3 Å². The van der Waals surface area contributed by atoms with Crippen molar-refractivity contribution >= 4 is 34.5 Å². The van der Waals surface area contributed by atoms with Crippen LogP contribution < -0.4 is 15.5 Å². The molecular weight excluding hydrogens is 629 g/mol. The molecule has 0 amide bonds. The largest absolute Gasteiger partial charge is 0.496 e. The number of allylic oxidation sites excluding steroid dienone is 4. The van der Waals surface area contributed by atoms with Crippen molar-refractivity contribution in [1.29, 1.82) is 0 Å². The number of hydrogen-bond acceptors (Lipinski definition) is 8. The molecule has 0 bridgehead atoms. The van der Waals surface area contributed by atoms with E-state index >= 15 is 0 Å². The normalized spacial score (nSPS) is 21.7. The van der Waals surface area contributed by atoms with Crippen molar-refractivity contribution in [2.45, 2.75) is 38.2 Å². The first-order valence-electron chi connectivity index (χ1n) is 16.7. The van der Waals surface area contributed by atoms with Crippen LogP contribution in [0.5, 0.6) is 0 Å². The molecule has 7 heterocycles. The zero-order valence-corrected chi connectivity index (χ0v) is 27.3. The number of H-pyrrole nitrogens is 1. The summed E-state index contributed by atoms with van der Waals surface area (Å²) in [6.07, 6.45) is 14.6. The molecule has 2 saturated heterocycles. The first-order valence-corrected chi connectivity index (χ1v) is 16.7. The summed E-state index contributed by atoms with van der Waals surface area (Å²) >= 11 is 0. The van der Waals surface area contributed by atoms with Gasteiger partial charge in [0.2, 0.25) is 0 Å². The van der Waals surface area contributed by atoms with Crippen LogP contribution in [-0.2, 0) is 11.3 Å². The van der Waals surface area contributed by atoms with Gasteiger partial charge in [-0.25, -0.2) is 28.1 Å². The fourth-order valence-electron chi connectivity index (χ4n) is 7.15. The fraction of sp³-hybridized carbons (Fsp3) is 0.351. The van der Waals surface area contributed by atoms with Gasteiger partial charge in [0.25, 0.3) is 5.92 Å². The number of rotatable bonds is 7. The van der Waals surface area contributed by atoms with E-state index in [2.05, 4.69) is 19.9 Å². The summed E-state index contributed by atoms with van der Waals surface area (Å²) in [6, 6.07) is 7.92. The van der Waals surface area contributed by atoms with E-state index in [4.69, 9.17) is 14.7 Å². The van der Waals surface area contributed by atoms with Crippen LogP contribution in [0, 0.1) is 0 Å². The van der Waals surface area contributed by atoms with Crippen LogP contribution in [0.3, 0.4) is 0 Å². The monoisotopic (exact) mass is 666 g/mol. The van der Waals surface area contributed by atoms with Crippen LogP contribution in [0.4, 0.5) is 19.0 Å². The van der Waals surface area contributed by atoms with Gasteiger partial charge in [0, 0.05) is 92.5 Å². The maximum absolute atomic E-state index is 14.9. The summed E-state index contributed by atoms with van der Waals surface area (Å²) in [5.74, 6) is -1.63. The Kier molecular flexibility index (Phi) is 8.28. The highest BCUT2D eigenvalue weighted by molar-refractivity contribution is 5.94. The molecule has 4 aromatic rings. The number of aromatic nitrogens is 4. The number of fused-ring (bicyclic) bond motifs is 2. The number of halogens is 3. The number of ether oxygens (including phenoxy) is 1. The number of aromatic amines is 1. The van der Waals surface area contributed by atoms with Gasteiger partial charge < -0.3 is 14.6 Å². The van der Waals surface area contributed by atoms with E-state index in [9.17, 15) is 13.2 Å². The predicted octanol–water partition coefficient (Wildman–Crippen LogP) is 4.90. The lowest BCUT2D eigenvalue weighted by atomic mass is 10.0. The van der Waals surface area contributed by atoms with Crippen molar-refractivity contribution in [2.24, 2.45) is 4.99 Å². The van der Waals surface area contributed by atoms with Crippen LogP contribution in [-0.4, -0.2) is 88.4 Å². The molecule has 4 aromatic heterocycles. The van der Waals surface area contributed by atoms with E-state index in [-0.39, 0.29) is 18.8 Å². The SMILES string of the molecule is CN1C=NC(=c2cc3c(=C4C=C(F)C=C(OCCN5CCCC5)C4)ccnc3[nH]2)c2cc(-c3cncc(CN4CCC(F)(F)C4)c3)cnc21. The van der Waals surface area contributed by atoms with Crippen molar-refractivity contribution in [3.63, 3.8) is 0 Å². The number of aliphatic imine (C=N–C) groups is 1. The van der Waals surface area contributed by atoms with Crippen molar-refractivity contribution in [3.8, 4) is 11.1 Å². The smallest absolute Gasteiger partial charge is 0.261 e. The number of alkyl halides is 2. The van der Waals surface area contributed by atoms with E-state index in [1.165, 1.54) is 18.9 Å². The van der Waals surface area contributed by atoms with E-state index in [1.54, 1.807) is 42.1 Å².